The number of nitrogens with one attached hydrogen (secondary N) is 1. The summed E-state index contributed by atoms with van der Waals surface area (Å²) in [5.41, 5.74) is 8.05. The van der Waals surface area contributed by atoms with Gasteiger partial charge in [0.15, 0.2) is 0 Å². The van der Waals surface area contributed by atoms with E-state index in [1.165, 1.54) is 22.3 Å². The molecule has 30 heavy (non-hydrogen) atoms. The number of hydrogen-bond acceptors (Lipinski definition) is 3. The van der Waals surface area contributed by atoms with Gasteiger partial charge in [0.25, 0.3) is 0 Å². The van der Waals surface area contributed by atoms with E-state index in [9.17, 15) is 0 Å². The Bertz CT molecular complexity index is 965. The lowest BCUT2D eigenvalue weighted by Gasteiger charge is -2.22. The summed E-state index contributed by atoms with van der Waals surface area (Å²) in [7, 11) is 0. The molecule has 4 rings (SSSR count). The third kappa shape index (κ3) is 4.69. The van der Waals surface area contributed by atoms with E-state index >= 15 is 0 Å². The van der Waals surface area contributed by atoms with Gasteiger partial charge in [0.2, 0.25) is 0 Å². The number of aliphatic imine (C=N–C) groups is 1. The first-order chi connectivity index (χ1) is 14.9. The third-order valence-electron chi connectivity index (χ3n) is 5.39. The molecule has 0 radical (unpaired) electrons. The summed E-state index contributed by atoms with van der Waals surface area (Å²) >= 11 is 0. The molecule has 3 heteroatoms. The maximum absolute atomic E-state index is 9.12. The van der Waals surface area contributed by atoms with Crippen LogP contribution in [0.5, 0.6) is 0 Å². The Hall–Kier alpha value is -3.17. The van der Waals surface area contributed by atoms with Crippen LogP contribution >= 0.6 is 0 Å². The molecular formula is C27H28N2O. The second-order valence-corrected chi connectivity index (χ2v) is 7.50. The van der Waals surface area contributed by atoms with Gasteiger partial charge in [0.05, 0.1) is 17.1 Å². The molecule has 0 unspecified atom stereocenters. The van der Waals surface area contributed by atoms with Crippen LogP contribution in [0, 0.1) is 0 Å². The highest BCUT2D eigenvalue weighted by atomic mass is 16.3. The zero-order valence-electron chi connectivity index (χ0n) is 17.2. The Labute approximate surface area is 178 Å². The second-order valence-electron chi connectivity index (χ2n) is 7.50. The zero-order chi connectivity index (χ0) is 20.6. The summed E-state index contributed by atoms with van der Waals surface area (Å²) in [6, 6.07) is 27.5. The van der Waals surface area contributed by atoms with Crippen molar-refractivity contribution in [3.63, 3.8) is 0 Å². The van der Waals surface area contributed by atoms with Gasteiger partial charge in [-0.3, -0.25) is 4.99 Å². The first-order valence-corrected chi connectivity index (χ1v) is 10.7. The van der Waals surface area contributed by atoms with Crippen LogP contribution in [0.25, 0.3) is 22.3 Å². The molecule has 0 saturated heterocycles. The zero-order valence-corrected chi connectivity index (χ0v) is 17.2. The molecule has 2 N–H and O–H groups in total. The van der Waals surface area contributed by atoms with Crippen molar-refractivity contribution >= 4 is 11.4 Å². The molecule has 0 heterocycles. The maximum Gasteiger partial charge on any atom is 0.0579 e. The van der Waals surface area contributed by atoms with E-state index in [0.717, 1.165) is 36.4 Å². The summed E-state index contributed by atoms with van der Waals surface area (Å²) in [4.78, 5) is 4.78. The van der Waals surface area contributed by atoms with E-state index in [1.54, 1.807) is 0 Å². The van der Waals surface area contributed by atoms with Gasteiger partial charge < -0.3 is 10.4 Å². The van der Waals surface area contributed by atoms with E-state index in [0.29, 0.717) is 13.0 Å². The van der Waals surface area contributed by atoms with Crippen molar-refractivity contribution in [2.75, 3.05) is 18.5 Å². The third-order valence-corrected chi connectivity index (χ3v) is 5.39. The minimum atomic E-state index is 0.179. The van der Waals surface area contributed by atoms with Crippen molar-refractivity contribution in [2.24, 2.45) is 4.99 Å². The molecular weight excluding hydrogens is 368 g/mol. The first-order valence-electron chi connectivity index (χ1n) is 10.7. The Kier molecular flexibility index (Phi) is 6.73. The number of para-hydroxylation sites is 1. The van der Waals surface area contributed by atoms with Crippen LogP contribution in [-0.4, -0.2) is 24.0 Å². The number of anilines is 1. The van der Waals surface area contributed by atoms with Crippen LogP contribution < -0.4 is 5.32 Å². The van der Waals surface area contributed by atoms with Crippen LogP contribution in [-0.2, 0) is 0 Å². The highest BCUT2D eigenvalue weighted by Gasteiger charge is 2.17. The maximum atomic E-state index is 9.12. The summed E-state index contributed by atoms with van der Waals surface area (Å²) in [6.07, 6.45) is 6.10. The molecule has 0 saturated carbocycles. The lowest BCUT2D eigenvalue weighted by Crippen LogP contribution is -2.16. The predicted octanol–water partition coefficient (Wildman–Crippen LogP) is 6.32. The number of allylic oxidation sites excluding steroid dienone is 2. The standard InChI is InChI=1S/C27H28N2O/c30-20-10-19-28-25-17-7-8-18-26(25)29-27-23(21-11-3-1-4-12-21)15-9-16-24(27)22-13-5-2-6-14-22/h1-6,9,11-16,18,29-30H,7-8,10,17,19-20H2. The molecule has 0 atom stereocenters. The van der Waals surface area contributed by atoms with Gasteiger partial charge in [-0.1, -0.05) is 84.9 Å². The molecule has 152 valence electrons. The van der Waals surface area contributed by atoms with Crippen molar-refractivity contribution in [2.45, 2.75) is 25.7 Å². The van der Waals surface area contributed by atoms with Gasteiger partial charge in [-0.05, 0) is 36.8 Å². The van der Waals surface area contributed by atoms with Crippen LogP contribution in [0.4, 0.5) is 5.69 Å². The number of aliphatic hydroxyl groups excluding tert-OH is 1. The Morgan fingerprint density at radius 1 is 0.800 bits per heavy atom. The molecule has 0 aliphatic heterocycles. The number of hydrogen-bond donors (Lipinski definition) is 2. The van der Waals surface area contributed by atoms with Crippen molar-refractivity contribution in [1.29, 1.82) is 0 Å². The summed E-state index contributed by atoms with van der Waals surface area (Å²) in [5.74, 6) is 0. The average molecular weight is 397 g/mol. The highest BCUT2D eigenvalue weighted by molar-refractivity contribution is 6.05. The molecule has 0 bridgehead atoms. The van der Waals surface area contributed by atoms with Crippen molar-refractivity contribution in [3.05, 3.63) is 90.6 Å². The van der Waals surface area contributed by atoms with Gasteiger partial charge in [-0.2, -0.15) is 0 Å². The van der Waals surface area contributed by atoms with Gasteiger partial charge in [-0.25, -0.2) is 0 Å². The fourth-order valence-corrected chi connectivity index (χ4v) is 3.88. The molecule has 0 spiro atoms. The van der Waals surface area contributed by atoms with Gasteiger partial charge in [0.1, 0.15) is 0 Å². The SMILES string of the molecule is OCCCN=C1CCCC=C1Nc1c(-c2ccccc2)cccc1-c1ccccc1. The van der Waals surface area contributed by atoms with Crippen molar-refractivity contribution in [1.82, 2.24) is 0 Å². The van der Waals surface area contributed by atoms with Crippen LogP contribution in [0.1, 0.15) is 25.7 Å². The molecule has 0 amide bonds. The van der Waals surface area contributed by atoms with Crippen LogP contribution in [0.3, 0.4) is 0 Å². The van der Waals surface area contributed by atoms with E-state index in [2.05, 4.69) is 78.1 Å². The molecule has 0 aromatic heterocycles. The summed E-state index contributed by atoms with van der Waals surface area (Å²) < 4.78 is 0. The lowest BCUT2D eigenvalue weighted by atomic mass is 9.94. The smallest absolute Gasteiger partial charge is 0.0579 e. The Morgan fingerprint density at radius 2 is 1.43 bits per heavy atom. The van der Waals surface area contributed by atoms with E-state index < -0.39 is 0 Å². The quantitative estimate of drug-likeness (QED) is 0.459. The minimum absolute atomic E-state index is 0.179. The average Bonchev–Trinajstić information content (AvgIpc) is 2.81. The predicted molar refractivity (Wildman–Crippen MR) is 127 cm³/mol. The summed E-state index contributed by atoms with van der Waals surface area (Å²) in [5, 5.41) is 12.9. The monoisotopic (exact) mass is 396 g/mol. The van der Waals surface area contributed by atoms with Crippen LogP contribution in [0.15, 0.2) is 95.6 Å². The lowest BCUT2D eigenvalue weighted by molar-refractivity contribution is 0.291. The number of benzene rings is 3. The summed E-state index contributed by atoms with van der Waals surface area (Å²) in [6.45, 7) is 0.842. The molecule has 3 nitrogen and oxygen atoms in total. The molecule has 1 aliphatic rings. The fraction of sp³-hybridized carbons (Fsp3) is 0.222. The van der Waals surface area contributed by atoms with E-state index in [1.807, 2.05) is 12.1 Å². The Balaban J connectivity index is 1.79. The van der Waals surface area contributed by atoms with Crippen molar-refractivity contribution < 1.29 is 5.11 Å². The van der Waals surface area contributed by atoms with Gasteiger partial charge in [-0.15, -0.1) is 0 Å². The second kappa shape index (κ2) is 10.0. The topological polar surface area (TPSA) is 44.6 Å². The molecule has 0 fully saturated rings. The van der Waals surface area contributed by atoms with E-state index in [-0.39, 0.29) is 6.61 Å². The van der Waals surface area contributed by atoms with Crippen molar-refractivity contribution in [3.8, 4) is 22.3 Å². The normalized spacial score (nSPS) is 15.1. The number of nitrogens with zero attached hydrogens (tertiary/aromatic N) is 1. The van der Waals surface area contributed by atoms with E-state index in [4.69, 9.17) is 10.1 Å². The van der Waals surface area contributed by atoms with Gasteiger partial charge in [0, 0.05) is 24.3 Å². The number of rotatable bonds is 7. The molecule has 3 aromatic carbocycles. The fourth-order valence-electron chi connectivity index (χ4n) is 3.88. The van der Waals surface area contributed by atoms with Gasteiger partial charge >= 0.3 is 0 Å². The largest absolute Gasteiger partial charge is 0.396 e. The first kappa shape index (κ1) is 20.1. The number of aliphatic hydroxyl groups is 1. The Morgan fingerprint density at radius 3 is 2.03 bits per heavy atom. The molecule has 3 aromatic rings. The van der Waals surface area contributed by atoms with Crippen LogP contribution in [0.2, 0.25) is 0 Å². The molecule has 1 aliphatic carbocycles. The highest BCUT2D eigenvalue weighted by Crippen LogP contribution is 2.38. The minimum Gasteiger partial charge on any atom is -0.396 e.